The molecule has 9 heteroatoms. The van der Waals surface area contributed by atoms with E-state index in [1.165, 1.54) is 11.1 Å². The molecule has 2 heterocycles. The lowest BCUT2D eigenvalue weighted by Crippen LogP contribution is -2.53. The molecule has 1 aliphatic carbocycles. The molecule has 3 aromatic carbocycles. The van der Waals surface area contributed by atoms with Crippen molar-refractivity contribution in [2.24, 2.45) is 0 Å². The Morgan fingerprint density at radius 2 is 1.64 bits per heavy atom. The molecular weight excluding hydrogens is 599 g/mol. The number of rotatable bonds is 8. The lowest BCUT2D eigenvalue weighted by atomic mass is 9.74. The number of carbonyl (C=O) groups is 1. The molecule has 0 N–H and O–H groups in total. The highest BCUT2D eigenvalue weighted by Gasteiger charge is 2.42. The number of amides is 1. The molecule has 2 saturated heterocycles. The van der Waals surface area contributed by atoms with Crippen molar-refractivity contribution >= 4 is 35.2 Å². The monoisotopic (exact) mass is 636 g/mol. The van der Waals surface area contributed by atoms with E-state index >= 15 is 0 Å². The number of likely N-dealkylation sites (tertiary alicyclic amines) is 1. The molecule has 0 saturated carbocycles. The Labute approximate surface area is 269 Å². The van der Waals surface area contributed by atoms with Gasteiger partial charge in [-0.15, -0.1) is 0 Å². The summed E-state index contributed by atoms with van der Waals surface area (Å²) in [5.41, 5.74) is 3.53. The summed E-state index contributed by atoms with van der Waals surface area (Å²) in [7, 11) is 4.63. The normalized spacial score (nSPS) is 20.9. The van der Waals surface area contributed by atoms with Crippen LogP contribution in [0.25, 0.3) is 6.08 Å². The predicted molar refractivity (Wildman–Crippen MR) is 174 cm³/mol. The van der Waals surface area contributed by atoms with Crippen molar-refractivity contribution in [3.05, 3.63) is 93.0 Å². The SMILES string of the molecule is COc1cc(C(=O)N2CCOC(CCN3CCC4(C=Cc5ccccc54)CC3)(c3ccc(Cl)c(Cl)c3)C2)cc(OC)c1OC. The molecule has 3 aliphatic rings. The summed E-state index contributed by atoms with van der Waals surface area (Å²) in [6.45, 7) is 4.02. The van der Waals surface area contributed by atoms with Crippen LogP contribution in [0.1, 0.15) is 46.3 Å². The number of benzene rings is 3. The Bertz CT molecular complexity index is 1540. The average Bonchev–Trinajstić information content (AvgIpc) is 3.42. The minimum Gasteiger partial charge on any atom is -0.493 e. The largest absolute Gasteiger partial charge is 0.493 e. The van der Waals surface area contributed by atoms with E-state index in [0.29, 0.717) is 59.0 Å². The summed E-state index contributed by atoms with van der Waals surface area (Å²) in [5, 5.41) is 0.949. The van der Waals surface area contributed by atoms with Gasteiger partial charge in [-0.05, 0) is 73.3 Å². The molecule has 0 radical (unpaired) electrons. The van der Waals surface area contributed by atoms with E-state index in [2.05, 4.69) is 41.3 Å². The summed E-state index contributed by atoms with van der Waals surface area (Å²) in [4.78, 5) is 18.3. The van der Waals surface area contributed by atoms with Crippen LogP contribution in [-0.4, -0.2) is 76.4 Å². The van der Waals surface area contributed by atoms with E-state index in [9.17, 15) is 4.79 Å². The van der Waals surface area contributed by atoms with Crippen molar-refractivity contribution in [3.63, 3.8) is 0 Å². The third-order valence-electron chi connectivity index (χ3n) is 9.49. The number of hydrogen-bond donors (Lipinski definition) is 0. The Morgan fingerprint density at radius 3 is 2.32 bits per heavy atom. The Balaban J connectivity index is 1.23. The van der Waals surface area contributed by atoms with Crippen LogP contribution in [0.15, 0.2) is 60.7 Å². The second-order valence-electron chi connectivity index (χ2n) is 11.8. The molecule has 7 nitrogen and oxygen atoms in total. The first-order valence-corrected chi connectivity index (χ1v) is 15.8. The Hall–Kier alpha value is -3.23. The van der Waals surface area contributed by atoms with Gasteiger partial charge in [0.1, 0.15) is 5.60 Å². The van der Waals surface area contributed by atoms with Gasteiger partial charge in [0.25, 0.3) is 5.91 Å². The second kappa shape index (κ2) is 12.6. The van der Waals surface area contributed by atoms with Crippen molar-refractivity contribution in [2.75, 3.05) is 60.7 Å². The molecule has 3 aromatic rings. The number of ether oxygens (including phenoxy) is 4. The van der Waals surface area contributed by atoms with Crippen molar-refractivity contribution in [2.45, 2.75) is 30.3 Å². The lowest BCUT2D eigenvalue weighted by Gasteiger charge is -2.45. The van der Waals surface area contributed by atoms with Crippen molar-refractivity contribution in [1.29, 1.82) is 0 Å². The first-order chi connectivity index (χ1) is 21.3. The molecule has 0 bridgehead atoms. The molecule has 0 aromatic heterocycles. The first kappa shape index (κ1) is 30.8. The molecule has 1 spiro atoms. The molecule has 6 rings (SSSR count). The van der Waals surface area contributed by atoms with Crippen molar-refractivity contribution in [3.8, 4) is 17.2 Å². The highest BCUT2D eigenvalue weighted by atomic mass is 35.5. The van der Waals surface area contributed by atoms with Gasteiger partial charge in [-0.1, -0.05) is 65.7 Å². The minimum absolute atomic E-state index is 0.125. The fraction of sp³-hybridized carbons (Fsp3) is 0.400. The standard InChI is InChI=1S/C35H38Cl2N2O5/c1-41-30-20-25(21-31(42-2)32(30)43-3)33(40)39-18-19-44-35(23-39,26-8-9-28(36)29(37)22-26)14-17-38-15-12-34(13-16-38)11-10-24-6-4-5-7-27(24)34/h4-11,20-22H,12-19,23H2,1-3H3. The summed E-state index contributed by atoms with van der Waals surface area (Å²) < 4.78 is 23.1. The van der Waals surface area contributed by atoms with Gasteiger partial charge in [0, 0.05) is 24.1 Å². The van der Waals surface area contributed by atoms with Gasteiger partial charge >= 0.3 is 0 Å². The fourth-order valence-corrected chi connectivity index (χ4v) is 7.28. The van der Waals surface area contributed by atoms with E-state index < -0.39 is 5.60 Å². The van der Waals surface area contributed by atoms with E-state index in [-0.39, 0.29) is 11.3 Å². The summed E-state index contributed by atoms with van der Waals surface area (Å²) in [6, 6.07) is 17.8. The van der Waals surface area contributed by atoms with E-state index in [4.69, 9.17) is 42.1 Å². The Morgan fingerprint density at radius 1 is 0.909 bits per heavy atom. The number of allylic oxidation sites excluding steroid dienone is 1. The third-order valence-corrected chi connectivity index (χ3v) is 10.2. The maximum absolute atomic E-state index is 14.0. The number of fused-ring (bicyclic) bond motifs is 2. The quantitative estimate of drug-likeness (QED) is 0.270. The molecule has 232 valence electrons. The molecule has 44 heavy (non-hydrogen) atoms. The molecule has 2 fully saturated rings. The summed E-state index contributed by atoms with van der Waals surface area (Å²) in [5.74, 6) is 1.17. The highest BCUT2D eigenvalue weighted by molar-refractivity contribution is 6.42. The van der Waals surface area contributed by atoms with Crippen LogP contribution in [0.2, 0.25) is 10.0 Å². The number of halogens is 2. The van der Waals surface area contributed by atoms with Gasteiger partial charge in [0.2, 0.25) is 5.75 Å². The third kappa shape index (κ3) is 5.67. The van der Waals surface area contributed by atoms with E-state index in [1.807, 2.05) is 17.0 Å². The van der Waals surface area contributed by atoms with Gasteiger partial charge in [-0.3, -0.25) is 4.79 Å². The first-order valence-electron chi connectivity index (χ1n) is 15.0. The second-order valence-corrected chi connectivity index (χ2v) is 12.6. The van der Waals surface area contributed by atoms with Crippen molar-refractivity contribution < 1.29 is 23.7 Å². The van der Waals surface area contributed by atoms with Crippen LogP contribution in [0.3, 0.4) is 0 Å². The van der Waals surface area contributed by atoms with Crippen LogP contribution in [0.5, 0.6) is 17.2 Å². The highest BCUT2D eigenvalue weighted by Crippen LogP contribution is 2.45. The maximum Gasteiger partial charge on any atom is 0.254 e. The topological polar surface area (TPSA) is 60.5 Å². The molecule has 2 aliphatic heterocycles. The number of hydrogen-bond acceptors (Lipinski definition) is 6. The number of carbonyl (C=O) groups excluding carboxylic acids is 1. The number of piperidine rings is 1. The smallest absolute Gasteiger partial charge is 0.254 e. The Kier molecular flexibility index (Phi) is 8.84. The zero-order valence-electron chi connectivity index (χ0n) is 25.4. The zero-order valence-corrected chi connectivity index (χ0v) is 26.9. The summed E-state index contributed by atoms with van der Waals surface area (Å²) in [6.07, 6.45) is 7.53. The number of methoxy groups -OCH3 is 3. The molecule has 1 amide bonds. The van der Waals surface area contributed by atoms with Crippen LogP contribution >= 0.6 is 23.2 Å². The fourth-order valence-electron chi connectivity index (χ4n) is 6.98. The van der Waals surface area contributed by atoms with Gasteiger partial charge in [0.15, 0.2) is 11.5 Å². The van der Waals surface area contributed by atoms with Gasteiger partial charge in [-0.25, -0.2) is 0 Å². The number of morpholine rings is 1. The van der Waals surface area contributed by atoms with Gasteiger partial charge in [-0.2, -0.15) is 0 Å². The van der Waals surface area contributed by atoms with Crippen LogP contribution in [0.4, 0.5) is 0 Å². The van der Waals surface area contributed by atoms with Crippen LogP contribution in [-0.2, 0) is 15.8 Å². The van der Waals surface area contributed by atoms with E-state index in [1.54, 1.807) is 39.5 Å². The van der Waals surface area contributed by atoms with Crippen molar-refractivity contribution in [1.82, 2.24) is 9.80 Å². The lowest BCUT2D eigenvalue weighted by molar-refractivity contribution is -0.113. The van der Waals surface area contributed by atoms with Crippen LogP contribution in [0, 0.1) is 0 Å². The molecule has 1 unspecified atom stereocenters. The number of nitrogens with zero attached hydrogens (tertiary/aromatic N) is 2. The average molecular weight is 638 g/mol. The minimum atomic E-state index is -0.752. The summed E-state index contributed by atoms with van der Waals surface area (Å²) >= 11 is 12.8. The van der Waals surface area contributed by atoms with Gasteiger partial charge < -0.3 is 28.7 Å². The van der Waals surface area contributed by atoms with Gasteiger partial charge in [0.05, 0.1) is 44.5 Å². The molecular formula is C35H38Cl2N2O5. The maximum atomic E-state index is 14.0. The van der Waals surface area contributed by atoms with Crippen LogP contribution < -0.4 is 14.2 Å². The zero-order chi connectivity index (χ0) is 30.9. The predicted octanol–water partition coefficient (Wildman–Crippen LogP) is 6.84. The van der Waals surface area contributed by atoms with E-state index in [0.717, 1.165) is 38.0 Å². The molecule has 1 atom stereocenters.